The Morgan fingerprint density at radius 3 is 2.28 bits per heavy atom. The monoisotopic (exact) mass is 456 g/mol. The number of hydrogen-bond donors (Lipinski definition) is 0. The number of rotatable bonds is 7. The fourth-order valence-electron chi connectivity index (χ4n) is 3.34. The first-order chi connectivity index (χ1) is 15.7. The van der Waals surface area contributed by atoms with E-state index in [0.29, 0.717) is 22.9 Å². The number of hydrogen-bond acceptors (Lipinski definition) is 4. The van der Waals surface area contributed by atoms with Gasteiger partial charge in [0, 0.05) is 21.9 Å². The number of pyridine rings is 1. The molecule has 0 bridgehead atoms. The summed E-state index contributed by atoms with van der Waals surface area (Å²) in [5.41, 5.74) is 5.32. The zero-order valence-electron chi connectivity index (χ0n) is 17.6. The van der Waals surface area contributed by atoms with E-state index in [9.17, 15) is 5.26 Å². The first-order valence-corrected chi connectivity index (χ1v) is 11.6. The lowest BCUT2D eigenvalue weighted by Gasteiger charge is -2.13. The minimum Gasteiger partial charge on any atom is -0.493 e. The summed E-state index contributed by atoms with van der Waals surface area (Å²) in [6, 6.07) is 30.0. The maximum Gasteiger partial charge on any atom is 0.119 e. The number of aryl methyl sites for hydroxylation is 1. The summed E-state index contributed by atoms with van der Waals surface area (Å²) in [4.78, 5) is 4.84. The third kappa shape index (κ3) is 5.13. The highest BCUT2D eigenvalue weighted by Crippen LogP contribution is 2.34. The van der Waals surface area contributed by atoms with Gasteiger partial charge in [0.2, 0.25) is 0 Å². The van der Waals surface area contributed by atoms with E-state index in [0.717, 1.165) is 38.7 Å². The molecule has 0 saturated carbocycles. The molecule has 4 aromatic rings. The molecular weight excluding hydrogens is 436 g/mol. The number of nitrogens with zero attached hydrogens (tertiary/aromatic N) is 2. The lowest BCUT2D eigenvalue weighted by Crippen LogP contribution is -2.02. The van der Waals surface area contributed by atoms with Crippen molar-refractivity contribution in [3.63, 3.8) is 0 Å². The van der Waals surface area contributed by atoms with Gasteiger partial charge in [-0.1, -0.05) is 72.3 Å². The second kappa shape index (κ2) is 10.4. The Morgan fingerprint density at radius 1 is 0.938 bits per heavy atom. The summed E-state index contributed by atoms with van der Waals surface area (Å²) < 4.78 is 5.88. The van der Waals surface area contributed by atoms with Gasteiger partial charge in [-0.15, -0.1) is 11.8 Å². The maximum atomic E-state index is 9.97. The van der Waals surface area contributed by atoms with Crippen LogP contribution in [0.25, 0.3) is 22.4 Å². The van der Waals surface area contributed by atoms with Crippen molar-refractivity contribution in [1.29, 1.82) is 5.26 Å². The molecule has 1 aromatic heterocycles. The molecule has 32 heavy (non-hydrogen) atoms. The summed E-state index contributed by atoms with van der Waals surface area (Å²) in [6.07, 6.45) is 0. The fraction of sp³-hybridized carbons (Fsp3) is 0.111. The summed E-state index contributed by atoms with van der Waals surface area (Å²) in [5, 5.41) is 11.4. The molecule has 0 saturated heterocycles. The zero-order valence-corrected chi connectivity index (χ0v) is 19.2. The molecule has 0 atom stereocenters. The minimum atomic E-state index is 0.495. The largest absolute Gasteiger partial charge is 0.493 e. The third-order valence-corrected chi connectivity index (χ3v) is 6.34. The molecule has 3 aromatic carbocycles. The van der Waals surface area contributed by atoms with Crippen molar-refractivity contribution in [2.45, 2.75) is 11.9 Å². The van der Waals surface area contributed by atoms with Crippen LogP contribution in [-0.4, -0.2) is 17.3 Å². The van der Waals surface area contributed by atoms with Crippen LogP contribution in [-0.2, 0) is 0 Å². The smallest absolute Gasteiger partial charge is 0.119 e. The average Bonchev–Trinajstić information content (AvgIpc) is 2.84. The van der Waals surface area contributed by atoms with Crippen molar-refractivity contribution in [2.75, 3.05) is 12.4 Å². The second-order valence-corrected chi connectivity index (χ2v) is 8.68. The van der Waals surface area contributed by atoms with Gasteiger partial charge in [-0.2, -0.15) is 5.26 Å². The van der Waals surface area contributed by atoms with Crippen molar-refractivity contribution in [3.05, 3.63) is 101 Å². The number of thioether (sulfide) groups is 1. The van der Waals surface area contributed by atoms with E-state index in [1.807, 2.05) is 91.9 Å². The van der Waals surface area contributed by atoms with E-state index in [-0.39, 0.29) is 0 Å². The van der Waals surface area contributed by atoms with Gasteiger partial charge < -0.3 is 4.74 Å². The number of nitriles is 1. The summed E-state index contributed by atoms with van der Waals surface area (Å²) in [6.45, 7) is 2.45. The predicted molar refractivity (Wildman–Crippen MR) is 132 cm³/mol. The highest BCUT2D eigenvalue weighted by atomic mass is 35.5. The topological polar surface area (TPSA) is 45.9 Å². The Bertz CT molecular complexity index is 1250. The Morgan fingerprint density at radius 2 is 1.62 bits per heavy atom. The minimum absolute atomic E-state index is 0.495. The standard InChI is InChI=1S/C27H21ClN2OS/c1-19-16-22(12-13-25(19)28)31-14-15-32-27-24(18-29)23(20-8-4-2-5-9-20)17-26(30-27)21-10-6-3-7-11-21/h2-13,16-17H,14-15H2,1H3. The van der Waals surface area contributed by atoms with Crippen LogP contribution in [0, 0.1) is 18.3 Å². The van der Waals surface area contributed by atoms with Gasteiger partial charge in [-0.25, -0.2) is 4.98 Å². The SMILES string of the molecule is Cc1cc(OCCSc2nc(-c3ccccc3)cc(-c3ccccc3)c2C#N)ccc1Cl. The Balaban J connectivity index is 1.61. The van der Waals surface area contributed by atoms with Gasteiger partial charge >= 0.3 is 0 Å². The molecule has 0 spiro atoms. The van der Waals surface area contributed by atoms with Crippen LogP contribution in [0.3, 0.4) is 0 Å². The van der Waals surface area contributed by atoms with E-state index in [1.54, 1.807) is 0 Å². The summed E-state index contributed by atoms with van der Waals surface area (Å²) in [5.74, 6) is 1.44. The predicted octanol–water partition coefficient (Wildman–Crippen LogP) is 7.42. The van der Waals surface area contributed by atoms with Crippen molar-refractivity contribution in [1.82, 2.24) is 4.98 Å². The molecule has 4 rings (SSSR count). The first kappa shape index (κ1) is 22.0. The normalized spacial score (nSPS) is 10.5. The van der Waals surface area contributed by atoms with Gasteiger partial charge in [-0.3, -0.25) is 0 Å². The highest BCUT2D eigenvalue weighted by molar-refractivity contribution is 7.99. The van der Waals surface area contributed by atoms with Gasteiger partial charge in [0.25, 0.3) is 0 Å². The fourth-order valence-corrected chi connectivity index (χ4v) is 4.28. The van der Waals surface area contributed by atoms with E-state index in [2.05, 4.69) is 6.07 Å². The quantitative estimate of drug-likeness (QED) is 0.214. The van der Waals surface area contributed by atoms with Gasteiger partial charge in [-0.05, 0) is 42.3 Å². The molecule has 0 aliphatic rings. The molecule has 0 aliphatic heterocycles. The van der Waals surface area contributed by atoms with E-state index < -0.39 is 0 Å². The lowest BCUT2D eigenvalue weighted by molar-refractivity contribution is 0.343. The number of benzene rings is 3. The Kier molecular flexibility index (Phi) is 7.11. The molecule has 0 aliphatic carbocycles. The summed E-state index contributed by atoms with van der Waals surface area (Å²) >= 11 is 7.62. The molecular formula is C27H21ClN2OS. The Hall–Kier alpha value is -3.26. The van der Waals surface area contributed by atoms with Crippen LogP contribution >= 0.6 is 23.4 Å². The zero-order chi connectivity index (χ0) is 22.3. The van der Waals surface area contributed by atoms with E-state index in [4.69, 9.17) is 21.3 Å². The molecule has 0 radical (unpaired) electrons. The van der Waals surface area contributed by atoms with Gasteiger partial charge in [0.1, 0.15) is 16.8 Å². The van der Waals surface area contributed by atoms with E-state index >= 15 is 0 Å². The number of ether oxygens (including phenoxy) is 1. The van der Waals surface area contributed by atoms with Crippen molar-refractivity contribution < 1.29 is 4.74 Å². The lowest BCUT2D eigenvalue weighted by atomic mass is 9.99. The molecule has 0 fully saturated rings. The molecule has 0 N–H and O–H groups in total. The molecule has 3 nitrogen and oxygen atoms in total. The van der Waals surface area contributed by atoms with Crippen LogP contribution in [0.4, 0.5) is 0 Å². The molecule has 1 heterocycles. The van der Waals surface area contributed by atoms with Crippen LogP contribution in [0.1, 0.15) is 11.1 Å². The van der Waals surface area contributed by atoms with Crippen LogP contribution < -0.4 is 4.74 Å². The van der Waals surface area contributed by atoms with Crippen molar-refractivity contribution in [3.8, 4) is 34.2 Å². The number of halogens is 1. The van der Waals surface area contributed by atoms with Crippen LogP contribution in [0.5, 0.6) is 5.75 Å². The average molecular weight is 457 g/mol. The molecule has 0 unspecified atom stereocenters. The molecule has 5 heteroatoms. The third-order valence-electron chi connectivity index (χ3n) is 4.97. The first-order valence-electron chi connectivity index (χ1n) is 10.2. The van der Waals surface area contributed by atoms with Crippen molar-refractivity contribution >= 4 is 23.4 Å². The van der Waals surface area contributed by atoms with Gasteiger partial charge in [0.15, 0.2) is 0 Å². The molecule has 158 valence electrons. The second-order valence-electron chi connectivity index (χ2n) is 7.19. The summed E-state index contributed by atoms with van der Waals surface area (Å²) in [7, 11) is 0. The maximum absolute atomic E-state index is 9.97. The highest BCUT2D eigenvalue weighted by Gasteiger charge is 2.15. The molecule has 0 amide bonds. The van der Waals surface area contributed by atoms with Crippen molar-refractivity contribution in [2.24, 2.45) is 0 Å². The van der Waals surface area contributed by atoms with Crippen LogP contribution in [0.2, 0.25) is 5.02 Å². The van der Waals surface area contributed by atoms with Crippen LogP contribution in [0.15, 0.2) is 90.0 Å². The van der Waals surface area contributed by atoms with Gasteiger partial charge in [0.05, 0.1) is 17.9 Å². The Labute approximate surface area is 197 Å². The number of aromatic nitrogens is 1. The van der Waals surface area contributed by atoms with E-state index in [1.165, 1.54) is 11.8 Å².